The van der Waals surface area contributed by atoms with E-state index in [9.17, 15) is 9.59 Å². The molecule has 2 N–H and O–H groups in total. The van der Waals surface area contributed by atoms with Gasteiger partial charge in [-0.3, -0.25) is 20.4 Å². The third kappa shape index (κ3) is 5.16. The van der Waals surface area contributed by atoms with E-state index in [1.165, 1.54) is 6.07 Å². The third-order valence-electron chi connectivity index (χ3n) is 3.88. The molecule has 0 heterocycles. The summed E-state index contributed by atoms with van der Waals surface area (Å²) < 4.78 is 5.92. The fraction of sp³-hybridized carbons (Fsp3) is 0.100. The van der Waals surface area contributed by atoms with Crippen LogP contribution < -0.4 is 15.6 Å². The molecule has 0 saturated heterocycles. The molecular weight excluding hydrogens is 467 g/mol. The van der Waals surface area contributed by atoms with E-state index in [0.29, 0.717) is 15.2 Å². The first-order chi connectivity index (χ1) is 13.4. The Labute approximate surface area is 180 Å². The summed E-state index contributed by atoms with van der Waals surface area (Å²) in [6.45, 7) is -0.325. The van der Waals surface area contributed by atoms with Gasteiger partial charge in [0.05, 0.1) is 15.9 Å². The molecule has 28 heavy (non-hydrogen) atoms. The number of halogens is 3. The van der Waals surface area contributed by atoms with Gasteiger partial charge in [0.2, 0.25) is 5.91 Å². The Morgan fingerprint density at radius 1 is 0.964 bits per heavy atom. The standard InChI is InChI=1S/C20H15BrCl2N2O3/c21-16-9-14(22)10-17(23)20(16)28-11-19(27)25-24-18(26)8-13-6-3-5-12-4-1-2-7-15(12)13/h1-7,9-10H,8,11H2,(H,24,26)(H,25,27). The van der Waals surface area contributed by atoms with Crippen LogP contribution in [0.5, 0.6) is 5.75 Å². The van der Waals surface area contributed by atoms with Crippen LogP contribution in [0.4, 0.5) is 0 Å². The molecule has 0 atom stereocenters. The number of benzene rings is 3. The Morgan fingerprint density at radius 3 is 2.46 bits per heavy atom. The first kappa shape index (κ1) is 20.5. The summed E-state index contributed by atoms with van der Waals surface area (Å²) in [6, 6.07) is 16.7. The molecule has 0 fully saturated rings. The summed E-state index contributed by atoms with van der Waals surface area (Å²) in [7, 11) is 0. The molecular formula is C20H15BrCl2N2O3. The van der Waals surface area contributed by atoms with Gasteiger partial charge >= 0.3 is 0 Å². The Balaban J connectivity index is 1.53. The number of hydrogen-bond acceptors (Lipinski definition) is 3. The molecule has 3 aromatic rings. The minimum absolute atomic E-state index is 0.136. The van der Waals surface area contributed by atoms with Crippen molar-refractivity contribution in [3.05, 3.63) is 74.7 Å². The van der Waals surface area contributed by atoms with Crippen LogP contribution in [0.15, 0.2) is 59.1 Å². The second kappa shape index (κ2) is 9.28. The van der Waals surface area contributed by atoms with E-state index in [0.717, 1.165) is 16.3 Å². The fourth-order valence-electron chi connectivity index (χ4n) is 2.64. The number of carbonyl (C=O) groups is 2. The quantitative estimate of drug-likeness (QED) is 0.520. The molecule has 0 aliphatic heterocycles. The maximum Gasteiger partial charge on any atom is 0.276 e. The van der Waals surface area contributed by atoms with E-state index >= 15 is 0 Å². The molecule has 2 amide bonds. The number of rotatable bonds is 5. The minimum atomic E-state index is -0.524. The van der Waals surface area contributed by atoms with Crippen LogP contribution in [0, 0.1) is 0 Å². The molecule has 3 rings (SSSR count). The van der Waals surface area contributed by atoms with Gasteiger partial charge < -0.3 is 4.74 Å². The van der Waals surface area contributed by atoms with Crippen molar-refractivity contribution >= 4 is 61.7 Å². The predicted molar refractivity (Wildman–Crippen MR) is 114 cm³/mol. The monoisotopic (exact) mass is 480 g/mol. The average Bonchev–Trinajstić information content (AvgIpc) is 2.66. The highest BCUT2D eigenvalue weighted by atomic mass is 79.9. The van der Waals surface area contributed by atoms with Gasteiger partial charge in [-0.05, 0) is 44.4 Å². The molecule has 0 aliphatic rings. The highest BCUT2D eigenvalue weighted by molar-refractivity contribution is 9.10. The second-order valence-corrected chi connectivity index (χ2v) is 7.60. The van der Waals surface area contributed by atoms with Crippen molar-refractivity contribution in [3.8, 4) is 5.75 Å². The van der Waals surface area contributed by atoms with Crippen LogP contribution in [-0.4, -0.2) is 18.4 Å². The summed E-state index contributed by atoms with van der Waals surface area (Å²) in [6.07, 6.45) is 0.136. The van der Waals surface area contributed by atoms with Crippen molar-refractivity contribution in [1.29, 1.82) is 0 Å². The van der Waals surface area contributed by atoms with Gasteiger partial charge in [-0.15, -0.1) is 0 Å². The molecule has 3 aromatic carbocycles. The summed E-state index contributed by atoms with van der Waals surface area (Å²) in [5, 5.41) is 2.76. The molecule has 144 valence electrons. The molecule has 5 nitrogen and oxygen atoms in total. The van der Waals surface area contributed by atoms with E-state index in [2.05, 4.69) is 26.8 Å². The molecule has 0 aromatic heterocycles. The van der Waals surface area contributed by atoms with Gasteiger partial charge in [0.1, 0.15) is 0 Å². The van der Waals surface area contributed by atoms with Crippen molar-refractivity contribution in [2.24, 2.45) is 0 Å². The van der Waals surface area contributed by atoms with Gasteiger partial charge in [0.15, 0.2) is 12.4 Å². The Morgan fingerprint density at radius 2 is 1.68 bits per heavy atom. The number of hydrogen-bond donors (Lipinski definition) is 2. The van der Waals surface area contributed by atoms with Crippen molar-refractivity contribution in [2.45, 2.75) is 6.42 Å². The summed E-state index contributed by atoms with van der Waals surface area (Å²) in [4.78, 5) is 24.1. The minimum Gasteiger partial charge on any atom is -0.481 e. The Hall–Kier alpha value is -2.28. The zero-order valence-corrected chi connectivity index (χ0v) is 17.6. The Kier molecular flexibility index (Phi) is 6.78. The lowest BCUT2D eigenvalue weighted by atomic mass is 10.0. The largest absolute Gasteiger partial charge is 0.481 e. The van der Waals surface area contributed by atoms with Crippen LogP contribution >= 0.6 is 39.1 Å². The molecule has 8 heteroatoms. The maximum atomic E-state index is 12.2. The number of ether oxygens (including phenoxy) is 1. The molecule has 0 unspecified atom stereocenters. The van der Waals surface area contributed by atoms with Crippen LogP contribution in [0.3, 0.4) is 0 Å². The van der Waals surface area contributed by atoms with Gasteiger partial charge in [-0.25, -0.2) is 0 Å². The summed E-state index contributed by atoms with van der Waals surface area (Å²) in [5.74, 6) is -0.567. The molecule has 0 saturated carbocycles. The number of nitrogens with one attached hydrogen (secondary N) is 2. The number of fused-ring (bicyclic) bond motifs is 1. The molecule has 0 spiro atoms. The van der Waals surface area contributed by atoms with Crippen molar-refractivity contribution in [2.75, 3.05) is 6.61 Å². The van der Waals surface area contributed by atoms with E-state index in [4.69, 9.17) is 27.9 Å². The smallest absolute Gasteiger partial charge is 0.276 e. The van der Waals surface area contributed by atoms with Crippen LogP contribution in [-0.2, 0) is 16.0 Å². The Bertz CT molecular complexity index is 1010. The SMILES string of the molecule is O=C(COc1c(Cl)cc(Cl)cc1Br)NNC(=O)Cc1cccc2ccccc12. The lowest BCUT2D eigenvalue weighted by molar-refractivity contribution is -0.129. The number of amides is 2. The molecule has 0 bridgehead atoms. The highest BCUT2D eigenvalue weighted by Crippen LogP contribution is 2.35. The van der Waals surface area contributed by atoms with Gasteiger partial charge in [0.25, 0.3) is 5.91 Å². The van der Waals surface area contributed by atoms with Crippen molar-refractivity contribution < 1.29 is 14.3 Å². The fourth-order valence-corrected chi connectivity index (χ4v) is 4.01. The molecule has 0 radical (unpaired) electrons. The van der Waals surface area contributed by atoms with Gasteiger partial charge in [-0.2, -0.15) is 0 Å². The normalized spacial score (nSPS) is 10.5. The number of hydrazine groups is 1. The van der Waals surface area contributed by atoms with Crippen molar-refractivity contribution in [3.63, 3.8) is 0 Å². The van der Waals surface area contributed by atoms with Crippen LogP contribution in [0.1, 0.15) is 5.56 Å². The third-order valence-corrected chi connectivity index (χ3v) is 4.97. The first-order valence-electron chi connectivity index (χ1n) is 8.25. The average molecular weight is 482 g/mol. The van der Waals surface area contributed by atoms with Crippen LogP contribution in [0.25, 0.3) is 10.8 Å². The molecule has 0 aliphatic carbocycles. The van der Waals surface area contributed by atoms with Crippen molar-refractivity contribution in [1.82, 2.24) is 10.9 Å². The van der Waals surface area contributed by atoms with E-state index in [1.54, 1.807) is 6.07 Å². The van der Waals surface area contributed by atoms with E-state index in [1.807, 2.05) is 42.5 Å². The summed E-state index contributed by atoms with van der Waals surface area (Å²) >= 11 is 15.2. The lowest BCUT2D eigenvalue weighted by Gasteiger charge is -2.12. The van der Waals surface area contributed by atoms with Gasteiger partial charge in [0, 0.05) is 5.02 Å². The second-order valence-electron chi connectivity index (χ2n) is 5.90. The highest BCUT2D eigenvalue weighted by Gasteiger charge is 2.12. The van der Waals surface area contributed by atoms with E-state index in [-0.39, 0.29) is 24.0 Å². The topological polar surface area (TPSA) is 67.4 Å². The maximum absolute atomic E-state index is 12.2. The lowest BCUT2D eigenvalue weighted by Crippen LogP contribution is -2.44. The summed E-state index contributed by atoms with van der Waals surface area (Å²) in [5.41, 5.74) is 5.58. The van der Waals surface area contributed by atoms with E-state index < -0.39 is 5.91 Å². The van der Waals surface area contributed by atoms with Crippen LogP contribution in [0.2, 0.25) is 10.0 Å². The van der Waals surface area contributed by atoms with Gasteiger partial charge in [-0.1, -0.05) is 65.7 Å². The predicted octanol–water partition coefficient (Wildman–Crippen LogP) is 4.68. The first-order valence-corrected chi connectivity index (χ1v) is 9.80. The zero-order valence-electron chi connectivity index (χ0n) is 14.5. The zero-order chi connectivity index (χ0) is 20.1. The number of carbonyl (C=O) groups excluding carboxylic acids is 2.